The molecule has 0 fully saturated rings. The highest BCUT2D eigenvalue weighted by atomic mass is 16.5. The fourth-order valence-corrected chi connectivity index (χ4v) is 3.12. The minimum atomic E-state index is -0.249. The van der Waals surface area contributed by atoms with Gasteiger partial charge in [0.1, 0.15) is 11.5 Å². The van der Waals surface area contributed by atoms with E-state index in [1.54, 1.807) is 14.2 Å². The van der Waals surface area contributed by atoms with Gasteiger partial charge in [-0.3, -0.25) is 4.79 Å². The summed E-state index contributed by atoms with van der Waals surface area (Å²) in [5, 5.41) is 2.37. The van der Waals surface area contributed by atoms with Crippen LogP contribution in [-0.4, -0.2) is 24.7 Å². The number of aromatic nitrogens is 1. The third-order valence-corrected chi connectivity index (χ3v) is 4.34. The maximum atomic E-state index is 10.9. The van der Waals surface area contributed by atoms with Crippen molar-refractivity contribution in [2.24, 2.45) is 5.73 Å². The number of nitrogens with zero attached hydrogens (tertiary/aromatic N) is 1. The molecule has 0 radical (unpaired) electrons. The topological polar surface area (TPSA) is 66.5 Å². The van der Waals surface area contributed by atoms with E-state index in [2.05, 4.69) is 28.8 Å². The third kappa shape index (κ3) is 3.02. The first-order valence-electron chi connectivity index (χ1n) is 8.06. The normalized spacial score (nSPS) is 11.1. The molecular formula is C19H22N2O3. The Hall–Kier alpha value is -2.69. The highest BCUT2D eigenvalue weighted by Crippen LogP contribution is 2.33. The fourth-order valence-electron chi connectivity index (χ4n) is 3.12. The first kappa shape index (κ1) is 16.2. The van der Waals surface area contributed by atoms with Gasteiger partial charge in [0, 0.05) is 35.9 Å². The summed E-state index contributed by atoms with van der Waals surface area (Å²) >= 11 is 0. The van der Waals surface area contributed by atoms with Gasteiger partial charge in [0.2, 0.25) is 5.91 Å². The van der Waals surface area contributed by atoms with Gasteiger partial charge in [-0.15, -0.1) is 0 Å². The zero-order chi connectivity index (χ0) is 17.1. The van der Waals surface area contributed by atoms with Crippen LogP contribution in [0.4, 0.5) is 0 Å². The summed E-state index contributed by atoms with van der Waals surface area (Å²) in [5.74, 6) is 1.41. The van der Waals surface area contributed by atoms with Gasteiger partial charge in [0.05, 0.1) is 25.3 Å². The van der Waals surface area contributed by atoms with E-state index in [0.717, 1.165) is 41.9 Å². The number of ether oxygens (including phenoxy) is 2. The summed E-state index contributed by atoms with van der Waals surface area (Å²) in [6.45, 7) is 0.813. The quantitative estimate of drug-likeness (QED) is 0.676. The van der Waals surface area contributed by atoms with Gasteiger partial charge < -0.3 is 19.8 Å². The van der Waals surface area contributed by atoms with Crippen LogP contribution in [0.1, 0.15) is 19.3 Å². The van der Waals surface area contributed by atoms with E-state index in [1.807, 2.05) is 12.1 Å². The molecule has 0 spiro atoms. The van der Waals surface area contributed by atoms with Crippen LogP contribution in [0.3, 0.4) is 0 Å². The van der Waals surface area contributed by atoms with Crippen molar-refractivity contribution in [2.45, 2.75) is 25.8 Å². The lowest BCUT2D eigenvalue weighted by atomic mass is 10.1. The van der Waals surface area contributed by atoms with Crippen molar-refractivity contribution in [3.8, 4) is 11.5 Å². The predicted octanol–water partition coefficient (Wildman–Crippen LogP) is 3.47. The number of benzene rings is 2. The highest BCUT2D eigenvalue weighted by Gasteiger charge is 2.12. The van der Waals surface area contributed by atoms with Crippen LogP contribution < -0.4 is 15.2 Å². The number of methoxy groups -OCH3 is 2. The number of hydrogen-bond acceptors (Lipinski definition) is 3. The average molecular weight is 326 g/mol. The second-order valence-corrected chi connectivity index (χ2v) is 5.84. The zero-order valence-corrected chi connectivity index (χ0v) is 14.0. The molecule has 1 amide bonds. The largest absolute Gasteiger partial charge is 0.497 e. The lowest BCUT2D eigenvalue weighted by Crippen LogP contribution is -2.10. The van der Waals surface area contributed by atoms with E-state index >= 15 is 0 Å². The Balaban J connectivity index is 2.07. The first-order valence-corrected chi connectivity index (χ1v) is 8.06. The van der Waals surface area contributed by atoms with Crippen LogP contribution in [0.5, 0.6) is 11.5 Å². The van der Waals surface area contributed by atoms with Crippen molar-refractivity contribution >= 4 is 27.7 Å². The van der Waals surface area contributed by atoms with Crippen LogP contribution >= 0.6 is 0 Å². The zero-order valence-electron chi connectivity index (χ0n) is 14.0. The van der Waals surface area contributed by atoms with Crippen LogP contribution in [0.25, 0.3) is 21.8 Å². The molecule has 2 aromatic carbocycles. The Morgan fingerprint density at radius 3 is 1.96 bits per heavy atom. The maximum absolute atomic E-state index is 10.9. The molecule has 0 aliphatic rings. The van der Waals surface area contributed by atoms with E-state index in [9.17, 15) is 4.79 Å². The molecule has 0 atom stereocenters. The Bertz CT molecular complexity index is 822. The standard InChI is InChI=1S/C19H22N2O3/c1-23-13-6-8-15-16-9-7-14(24-2)12-18(16)21(17(15)11-13)10-4-3-5-19(20)22/h6-9,11-12H,3-5,10H2,1-2H3,(H2,20,22). The molecule has 3 aromatic rings. The van der Waals surface area contributed by atoms with Crippen molar-refractivity contribution in [2.75, 3.05) is 14.2 Å². The second-order valence-electron chi connectivity index (χ2n) is 5.84. The van der Waals surface area contributed by atoms with E-state index in [-0.39, 0.29) is 5.91 Å². The lowest BCUT2D eigenvalue weighted by Gasteiger charge is -2.08. The minimum Gasteiger partial charge on any atom is -0.497 e. The van der Waals surface area contributed by atoms with Gasteiger partial charge in [-0.2, -0.15) is 0 Å². The summed E-state index contributed by atoms with van der Waals surface area (Å²) in [4.78, 5) is 10.9. The molecule has 5 heteroatoms. The van der Waals surface area contributed by atoms with Crippen LogP contribution in [0, 0.1) is 0 Å². The monoisotopic (exact) mass is 326 g/mol. The van der Waals surface area contributed by atoms with Gasteiger partial charge in [-0.25, -0.2) is 0 Å². The Kier molecular flexibility index (Phi) is 4.60. The van der Waals surface area contributed by atoms with E-state index in [1.165, 1.54) is 10.8 Å². The first-order chi connectivity index (χ1) is 11.6. The number of primary amides is 1. The lowest BCUT2D eigenvalue weighted by molar-refractivity contribution is -0.118. The number of amides is 1. The molecule has 0 saturated carbocycles. The molecule has 0 unspecified atom stereocenters. The molecule has 2 N–H and O–H groups in total. The van der Waals surface area contributed by atoms with Gasteiger partial charge in [0.15, 0.2) is 0 Å². The number of rotatable bonds is 7. The van der Waals surface area contributed by atoms with Crippen molar-refractivity contribution in [1.82, 2.24) is 4.57 Å². The van der Waals surface area contributed by atoms with Crippen molar-refractivity contribution in [1.29, 1.82) is 0 Å². The Labute approximate surface area is 140 Å². The molecular weight excluding hydrogens is 304 g/mol. The summed E-state index contributed by atoms with van der Waals surface area (Å²) in [6, 6.07) is 12.2. The number of fused-ring (bicyclic) bond motifs is 3. The molecule has 1 aromatic heterocycles. The van der Waals surface area contributed by atoms with E-state index < -0.39 is 0 Å². The van der Waals surface area contributed by atoms with Gasteiger partial charge in [0.25, 0.3) is 0 Å². The Morgan fingerprint density at radius 2 is 1.50 bits per heavy atom. The van der Waals surface area contributed by atoms with E-state index in [4.69, 9.17) is 15.2 Å². The molecule has 0 bridgehead atoms. The van der Waals surface area contributed by atoms with Crippen molar-refractivity contribution < 1.29 is 14.3 Å². The molecule has 0 aliphatic carbocycles. The highest BCUT2D eigenvalue weighted by molar-refractivity contribution is 6.08. The molecule has 0 aliphatic heterocycles. The van der Waals surface area contributed by atoms with Crippen molar-refractivity contribution in [3.63, 3.8) is 0 Å². The molecule has 3 rings (SSSR count). The molecule has 24 heavy (non-hydrogen) atoms. The predicted molar refractivity (Wildman–Crippen MR) is 95.6 cm³/mol. The summed E-state index contributed by atoms with van der Waals surface area (Å²) < 4.78 is 13.0. The molecule has 1 heterocycles. The third-order valence-electron chi connectivity index (χ3n) is 4.34. The van der Waals surface area contributed by atoms with Gasteiger partial charge >= 0.3 is 0 Å². The number of carbonyl (C=O) groups excluding carboxylic acids is 1. The SMILES string of the molecule is COc1ccc2c3ccc(OC)cc3n(CCCCC(N)=O)c2c1. The number of hydrogen-bond donors (Lipinski definition) is 1. The fraction of sp³-hybridized carbons (Fsp3) is 0.316. The van der Waals surface area contributed by atoms with Crippen LogP contribution in [0.15, 0.2) is 36.4 Å². The van der Waals surface area contributed by atoms with Crippen molar-refractivity contribution in [3.05, 3.63) is 36.4 Å². The number of nitrogens with two attached hydrogens (primary N) is 1. The van der Waals surface area contributed by atoms with E-state index in [0.29, 0.717) is 6.42 Å². The number of aryl methyl sites for hydroxylation is 1. The summed E-state index contributed by atoms with van der Waals surface area (Å²) in [6.07, 6.45) is 2.09. The number of carbonyl (C=O) groups is 1. The maximum Gasteiger partial charge on any atom is 0.217 e. The van der Waals surface area contributed by atoms with Crippen LogP contribution in [-0.2, 0) is 11.3 Å². The van der Waals surface area contributed by atoms with Gasteiger partial charge in [-0.05, 0) is 37.1 Å². The second kappa shape index (κ2) is 6.83. The summed E-state index contributed by atoms with van der Waals surface area (Å²) in [5.41, 5.74) is 7.47. The molecule has 5 nitrogen and oxygen atoms in total. The molecule has 0 saturated heterocycles. The summed E-state index contributed by atoms with van der Waals surface area (Å²) in [7, 11) is 3.34. The Morgan fingerprint density at radius 1 is 0.958 bits per heavy atom. The number of unbranched alkanes of at least 4 members (excludes halogenated alkanes) is 1. The minimum absolute atomic E-state index is 0.249. The average Bonchev–Trinajstić information content (AvgIpc) is 2.90. The smallest absolute Gasteiger partial charge is 0.217 e. The molecule has 126 valence electrons. The van der Waals surface area contributed by atoms with Gasteiger partial charge in [-0.1, -0.05) is 0 Å². The van der Waals surface area contributed by atoms with Crippen LogP contribution in [0.2, 0.25) is 0 Å².